The first-order chi connectivity index (χ1) is 9.52. The Morgan fingerprint density at radius 3 is 2.30 bits per heavy atom. The Morgan fingerprint density at radius 1 is 1.15 bits per heavy atom. The van der Waals surface area contributed by atoms with Gasteiger partial charge in [-0.05, 0) is 55.3 Å². The molecular weight excluding hydrogens is 244 g/mol. The molecule has 2 rings (SSSR count). The molecule has 1 fully saturated rings. The first kappa shape index (κ1) is 15.5. The van der Waals surface area contributed by atoms with Crippen LogP contribution >= 0.6 is 0 Å². The number of hydrogen-bond acceptors (Lipinski definition) is 2. The molecule has 0 bridgehead atoms. The predicted octanol–water partition coefficient (Wildman–Crippen LogP) is 3.79. The van der Waals surface area contributed by atoms with Crippen molar-refractivity contribution in [1.29, 1.82) is 0 Å². The molecule has 0 amide bonds. The zero-order valence-corrected chi connectivity index (χ0v) is 13.5. The van der Waals surface area contributed by atoms with Gasteiger partial charge in [-0.3, -0.25) is 4.90 Å². The maximum Gasteiger partial charge on any atom is 0.0320 e. The fourth-order valence-corrected chi connectivity index (χ4v) is 3.21. The third-order valence-corrected chi connectivity index (χ3v) is 5.08. The van der Waals surface area contributed by atoms with E-state index in [9.17, 15) is 0 Å². The summed E-state index contributed by atoms with van der Waals surface area (Å²) >= 11 is 0. The zero-order chi connectivity index (χ0) is 14.7. The first-order valence-electron chi connectivity index (χ1n) is 8.07. The molecule has 1 aromatic carbocycles. The molecule has 3 atom stereocenters. The summed E-state index contributed by atoms with van der Waals surface area (Å²) in [4.78, 5) is 2.60. The van der Waals surface area contributed by atoms with Crippen molar-refractivity contribution >= 4 is 0 Å². The SMILES string of the molecule is CC(C)c1ccc(C(C)N2CCC(C)C(CN)C2)cc1. The van der Waals surface area contributed by atoms with Crippen molar-refractivity contribution in [3.63, 3.8) is 0 Å². The van der Waals surface area contributed by atoms with Crippen LogP contribution in [0.1, 0.15) is 57.2 Å². The van der Waals surface area contributed by atoms with Crippen molar-refractivity contribution in [2.24, 2.45) is 17.6 Å². The number of rotatable bonds is 4. The van der Waals surface area contributed by atoms with Crippen LogP contribution in [0.15, 0.2) is 24.3 Å². The molecule has 0 spiro atoms. The highest BCUT2D eigenvalue weighted by Crippen LogP contribution is 2.30. The van der Waals surface area contributed by atoms with E-state index in [4.69, 9.17) is 5.73 Å². The van der Waals surface area contributed by atoms with Gasteiger partial charge in [0.25, 0.3) is 0 Å². The summed E-state index contributed by atoms with van der Waals surface area (Å²) in [5.41, 5.74) is 8.78. The summed E-state index contributed by atoms with van der Waals surface area (Å²) in [6.07, 6.45) is 1.27. The molecule has 2 N–H and O–H groups in total. The predicted molar refractivity (Wildman–Crippen MR) is 86.8 cm³/mol. The summed E-state index contributed by atoms with van der Waals surface area (Å²) in [6.45, 7) is 12.3. The fraction of sp³-hybridized carbons (Fsp3) is 0.667. The molecule has 112 valence electrons. The number of nitrogens with zero attached hydrogens (tertiary/aromatic N) is 1. The van der Waals surface area contributed by atoms with Crippen LogP contribution < -0.4 is 5.73 Å². The van der Waals surface area contributed by atoms with Crippen molar-refractivity contribution in [1.82, 2.24) is 4.90 Å². The first-order valence-corrected chi connectivity index (χ1v) is 8.07. The smallest absolute Gasteiger partial charge is 0.0320 e. The Bertz CT molecular complexity index is 410. The Kier molecular flexibility index (Phi) is 5.22. The summed E-state index contributed by atoms with van der Waals surface area (Å²) in [7, 11) is 0. The number of benzene rings is 1. The number of likely N-dealkylation sites (tertiary alicyclic amines) is 1. The van der Waals surface area contributed by atoms with Gasteiger partial charge in [-0.15, -0.1) is 0 Å². The van der Waals surface area contributed by atoms with Gasteiger partial charge in [0.1, 0.15) is 0 Å². The van der Waals surface area contributed by atoms with Crippen molar-refractivity contribution in [3.05, 3.63) is 35.4 Å². The summed E-state index contributed by atoms with van der Waals surface area (Å²) in [6, 6.07) is 9.66. The van der Waals surface area contributed by atoms with Crippen molar-refractivity contribution in [2.45, 2.75) is 46.1 Å². The van der Waals surface area contributed by atoms with Gasteiger partial charge in [0.15, 0.2) is 0 Å². The van der Waals surface area contributed by atoms with Crippen LogP contribution in [-0.2, 0) is 0 Å². The Morgan fingerprint density at radius 2 is 1.75 bits per heavy atom. The van der Waals surface area contributed by atoms with E-state index in [2.05, 4.69) is 56.9 Å². The van der Waals surface area contributed by atoms with Crippen LogP contribution in [0.2, 0.25) is 0 Å². The van der Waals surface area contributed by atoms with E-state index >= 15 is 0 Å². The minimum absolute atomic E-state index is 0.498. The Labute approximate surface area is 124 Å². The van der Waals surface area contributed by atoms with Crippen LogP contribution in [0, 0.1) is 11.8 Å². The van der Waals surface area contributed by atoms with Gasteiger partial charge < -0.3 is 5.73 Å². The van der Waals surface area contributed by atoms with Crippen molar-refractivity contribution in [2.75, 3.05) is 19.6 Å². The molecule has 1 aliphatic rings. The lowest BCUT2D eigenvalue weighted by molar-refractivity contribution is 0.0978. The van der Waals surface area contributed by atoms with Crippen LogP contribution in [0.5, 0.6) is 0 Å². The topological polar surface area (TPSA) is 29.3 Å². The normalized spacial score (nSPS) is 25.9. The third kappa shape index (κ3) is 3.42. The van der Waals surface area contributed by atoms with Gasteiger partial charge in [-0.2, -0.15) is 0 Å². The maximum atomic E-state index is 5.92. The molecule has 1 aromatic rings. The lowest BCUT2D eigenvalue weighted by Gasteiger charge is -2.40. The van der Waals surface area contributed by atoms with E-state index in [0.29, 0.717) is 17.9 Å². The van der Waals surface area contributed by atoms with Crippen LogP contribution in [0.3, 0.4) is 0 Å². The standard InChI is InChI=1S/C18H30N2/c1-13(2)16-5-7-17(8-6-16)15(4)20-10-9-14(3)18(11-19)12-20/h5-8,13-15,18H,9-12,19H2,1-4H3. The molecule has 1 heterocycles. The second-order valence-corrected chi connectivity index (χ2v) is 6.75. The summed E-state index contributed by atoms with van der Waals surface area (Å²) < 4.78 is 0. The van der Waals surface area contributed by atoms with Gasteiger partial charge in [0.05, 0.1) is 0 Å². The number of piperidine rings is 1. The Balaban J connectivity index is 2.05. The highest BCUT2D eigenvalue weighted by Gasteiger charge is 2.28. The summed E-state index contributed by atoms with van der Waals surface area (Å²) in [5.74, 6) is 2.03. The molecule has 3 unspecified atom stereocenters. The number of hydrogen-bond donors (Lipinski definition) is 1. The maximum absolute atomic E-state index is 5.92. The molecule has 1 aliphatic heterocycles. The zero-order valence-electron chi connectivity index (χ0n) is 13.5. The van der Waals surface area contributed by atoms with Gasteiger partial charge in [-0.25, -0.2) is 0 Å². The molecule has 2 heteroatoms. The monoisotopic (exact) mass is 274 g/mol. The molecule has 20 heavy (non-hydrogen) atoms. The number of nitrogens with two attached hydrogens (primary N) is 1. The average molecular weight is 274 g/mol. The van der Waals surface area contributed by atoms with Crippen molar-refractivity contribution < 1.29 is 0 Å². The minimum Gasteiger partial charge on any atom is -0.330 e. The van der Waals surface area contributed by atoms with Crippen LogP contribution in [0.4, 0.5) is 0 Å². The van der Waals surface area contributed by atoms with Gasteiger partial charge in [0.2, 0.25) is 0 Å². The molecular formula is C18H30N2. The summed E-state index contributed by atoms with van der Waals surface area (Å²) in [5, 5.41) is 0. The second-order valence-electron chi connectivity index (χ2n) is 6.75. The highest BCUT2D eigenvalue weighted by molar-refractivity contribution is 5.26. The average Bonchev–Trinajstić information content (AvgIpc) is 2.47. The van der Waals surface area contributed by atoms with Gasteiger partial charge in [-0.1, -0.05) is 45.0 Å². The highest BCUT2D eigenvalue weighted by atomic mass is 15.2. The van der Waals surface area contributed by atoms with Crippen LogP contribution in [-0.4, -0.2) is 24.5 Å². The minimum atomic E-state index is 0.498. The largest absolute Gasteiger partial charge is 0.330 e. The Hall–Kier alpha value is -0.860. The molecule has 1 saturated heterocycles. The fourth-order valence-electron chi connectivity index (χ4n) is 3.21. The van der Waals surface area contributed by atoms with E-state index in [1.54, 1.807) is 0 Å². The van der Waals surface area contributed by atoms with Crippen molar-refractivity contribution in [3.8, 4) is 0 Å². The van der Waals surface area contributed by atoms with E-state index in [-0.39, 0.29) is 0 Å². The second kappa shape index (κ2) is 6.73. The lowest BCUT2D eigenvalue weighted by Crippen LogP contribution is -2.43. The van der Waals surface area contributed by atoms with Gasteiger partial charge >= 0.3 is 0 Å². The molecule has 0 aromatic heterocycles. The van der Waals surface area contributed by atoms with E-state index < -0.39 is 0 Å². The van der Waals surface area contributed by atoms with Gasteiger partial charge in [0, 0.05) is 12.6 Å². The third-order valence-electron chi connectivity index (χ3n) is 5.08. The quantitative estimate of drug-likeness (QED) is 0.905. The molecule has 0 radical (unpaired) electrons. The molecule has 0 saturated carbocycles. The molecule has 0 aliphatic carbocycles. The van der Waals surface area contributed by atoms with E-state index in [1.807, 2.05) is 0 Å². The van der Waals surface area contributed by atoms with E-state index in [1.165, 1.54) is 24.1 Å². The van der Waals surface area contributed by atoms with Crippen LogP contribution in [0.25, 0.3) is 0 Å². The lowest BCUT2D eigenvalue weighted by atomic mass is 9.86. The van der Waals surface area contributed by atoms with E-state index in [0.717, 1.165) is 19.0 Å². The molecule has 2 nitrogen and oxygen atoms in total.